The summed E-state index contributed by atoms with van der Waals surface area (Å²) < 4.78 is 5.90. The zero-order chi connectivity index (χ0) is 39.6. The highest BCUT2D eigenvalue weighted by Gasteiger charge is 2.24. The van der Waals surface area contributed by atoms with Crippen LogP contribution in [0, 0.1) is 0 Å². The third-order valence-electron chi connectivity index (χ3n) is 10.8. The third-order valence-corrected chi connectivity index (χ3v) is 10.8. The molecule has 0 saturated heterocycles. The van der Waals surface area contributed by atoms with Crippen LogP contribution in [0.5, 0.6) is 0 Å². The smallest absolute Gasteiger partial charge is 0.306 e. The predicted octanol–water partition coefficient (Wildman–Crippen LogP) is 13.6. The van der Waals surface area contributed by atoms with E-state index in [-0.39, 0.29) is 24.9 Å². The van der Waals surface area contributed by atoms with Crippen molar-refractivity contribution in [3.63, 3.8) is 0 Å². The number of aliphatic hydroxyl groups excluding tert-OH is 2. The van der Waals surface area contributed by atoms with Crippen molar-refractivity contribution in [2.24, 2.45) is 0 Å². The van der Waals surface area contributed by atoms with E-state index in [0.717, 1.165) is 70.6 Å². The maximum atomic E-state index is 13.1. The van der Waals surface area contributed by atoms with E-state index in [9.17, 15) is 19.8 Å². The number of rotatable bonds is 42. The van der Waals surface area contributed by atoms with Gasteiger partial charge in [0, 0.05) is 6.42 Å². The Hall–Kier alpha value is -1.66. The average molecular weight is 762 g/mol. The third kappa shape index (κ3) is 37.3. The lowest BCUT2D eigenvalue weighted by Crippen LogP contribution is -2.46. The topological polar surface area (TPSA) is 95.9 Å². The van der Waals surface area contributed by atoms with Crippen LogP contribution in [-0.4, -0.2) is 46.9 Å². The number of nitrogens with one attached hydrogen (secondary N) is 1. The molecule has 0 radical (unpaired) electrons. The number of ether oxygens (including phenoxy) is 1. The van der Waals surface area contributed by atoms with E-state index in [0.29, 0.717) is 19.3 Å². The minimum atomic E-state index is -0.785. The van der Waals surface area contributed by atoms with Crippen molar-refractivity contribution in [2.45, 2.75) is 264 Å². The Balaban J connectivity index is 4.61. The molecule has 3 atom stereocenters. The van der Waals surface area contributed by atoms with Crippen molar-refractivity contribution in [2.75, 3.05) is 6.61 Å². The second kappa shape index (κ2) is 42.5. The van der Waals surface area contributed by atoms with E-state index in [1.807, 2.05) is 0 Å². The van der Waals surface area contributed by atoms with E-state index in [2.05, 4.69) is 50.4 Å². The second-order valence-corrected chi connectivity index (χ2v) is 16.2. The summed E-state index contributed by atoms with van der Waals surface area (Å²) in [4.78, 5) is 26.0. The molecule has 0 heterocycles. The van der Waals surface area contributed by atoms with Crippen molar-refractivity contribution in [1.82, 2.24) is 5.32 Å². The van der Waals surface area contributed by atoms with Crippen molar-refractivity contribution < 1.29 is 24.5 Å². The quantitative estimate of drug-likeness (QED) is 0.0327. The Bertz CT molecular complexity index is 858. The van der Waals surface area contributed by atoms with Crippen LogP contribution in [0.2, 0.25) is 0 Å². The van der Waals surface area contributed by atoms with Gasteiger partial charge < -0.3 is 20.3 Å². The summed E-state index contributed by atoms with van der Waals surface area (Å²) in [5.74, 6) is -0.481. The van der Waals surface area contributed by atoms with Crippen LogP contribution in [0.25, 0.3) is 0 Å². The molecule has 0 aromatic rings. The summed E-state index contributed by atoms with van der Waals surface area (Å²) in [7, 11) is 0. The number of carbonyl (C=O) groups is 2. The lowest BCUT2D eigenvalue weighted by atomic mass is 10.0. The maximum absolute atomic E-state index is 13.1. The van der Waals surface area contributed by atoms with Crippen LogP contribution in [0.3, 0.4) is 0 Å². The Morgan fingerprint density at radius 2 is 0.944 bits per heavy atom. The summed E-state index contributed by atoms with van der Waals surface area (Å²) in [6.45, 7) is 6.43. The highest BCUT2D eigenvalue weighted by Crippen LogP contribution is 2.17. The molecule has 0 saturated carbocycles. The van der Waals surface area contributed by atoms with Gasteiger partial charge in [-0.15, -0.1) is 0 Å². The van der Waals surface area contributed by atoms with Gasteiger partial charge in [0.1, 0.15) is 6.10 Å². The Morgan fingerprint density at radius 3 is 1.44 bits per heavy atom. The Morgan fingerprint density at radius 1 is 0.537 bits per heavy atom. The van der Waals surface area contributed by atoms with E-state index in [1.54, 1.807) is 0 Å². The van der Waals surface area contributed by atoms with Crippen molar-refractivity contribution >= 4 is 11.9 Å². The van der Waals surface area contributed by atoms with Crippen molar-refractivity contribution in [3.8, 4) is 0 Å². The number of allylic oxidation sites excluding steroid dienone is 4. The SMILES string of the molecule is CCCCC/C=C\C/C=C\CCCCCCCC(CC(=O)NC(CO)C(O)CCCCCCCCCCC)OC(=O)CCCCCCCCCCCCC. The lowest BCUT2D eigenvalue weighted by molar-refractivity contribution is -0.151. The zero-order valence-corrected chi connectivity index (χ0v) is 36.1. The summed E-state index contributed by atoms with van der Waals surface area (Å²) >= 11 is 0. The molecular weight excluding hydrogens is 671 g/mol. The monoisotopic (exact) mass is 762 g/mol. The molecule has 54 heavy (non-hydrogen) atoms. The lowest BCUT2D eigenvalue weighted by Gasteiger charge is -2.24. The number of aliphatic hydroxyl groups is 2. The Kier molecular flexibility index (Phi) is 41.2. The molecular formula is C48H91NO5. The minimum Gasteiger partial charge on any atom is -0.462 e. The number of hydrogen-bond donors (Lipinski definition) is 3. The van der Waals surface area contributed by atoms with Gasteiger partial charge in [-0.2, -0.15) is 0 Å². The van der Waals surface area contributed by atoms with Crippen LogP contribution in [0.15, 0.2) is 24.3 Å². The molecule has 0 aliphatic rings. The van der Waals surface area contributed by atoms with E-state index in [4.69, 9.17) is 4.74 Å². The van der Waals surface area contributed by atoms with Gasteiger partial charge in [0.2, 0.25) is 5.91 Å². The van der Waals surface area contributed by atoms with Gasteiger partial charge >= 0.3 is 5.97 Å². The first kappa shape index (κ1) is 52.3. The molecule has 318 valence electrons. The molecule has 0 fully saturated rings. The zero-order valence-electron chi connectivity index (χ0n) is 36.1. The first-order valence-electron chi connectivity index (χ1n) is 23.6. The summed E-state index contributed by atoms with van der Waals surface area (Å²) in [6.07, 6.45) is 46.6. The fourth-order valence-electron chi connectivity index (χ4n) is 7.17. The maximum Gasteiger partial charge on any atom is 0.306 e. The van der Waals surface area contributed by atoms with Gasteiger partial charge in [-0.3, -0.25) is 9.59 Å². The van der Waals surface area contributed by atoms with Gasteiger partial charge in [-0.05, 0) is 57.8 Å². The first-order valence-corrected chi connectivity index (χ1v) is 23.6. The normalized spacial score (nSPS) is 13.5. The first-order chi connectivity index (χ1) is 26.5. The van der Waals surface area contributed by atoms with Gasteiger partial charge in [0.25, 0.3) is 0 Å². The highest BCUT2D eigenvalue weighted by molar-refractivity contribution is 5.77. The molecule has 0 spiro atoms. The molecule has 3 N–H and O–H groups in total. The summed E-state index contributed by atoms with van der Waals surface area (Å²) in [5.41, 5.74) is 0. The van der Waals surface area contributed by atoms with Gasteiger partial charge in [0.15, 0.2) is 0 Å². The molecule has 1 amide bonds. The van der Waals surface area contributed by atoms with Crippen molar-refractivity contribution in [3.05, 3.63) is 24.3 Å². The Labute approximate surface area is 335 Å². The number of hydrogen-bond acceptors (Lipinski definition) is 5. The predicted molar refractivity (Wildman–Crippen MR) is 232 cm³/mol. The number of carbonyl (C=O) groups excluding carboxylic acids is 2. The van der Waals surface area contributed by atoms with E-state index < -0.39 is 18.2 Å². The highest BCUT2D eigenvalue weighted by atomic mass is 16.5. The van der Waals surface area contributed by atoms with E-state index >= 15 is 0 Å². The summed E-state index contributed by atoms with van der Waals surface area (Å²) in [6, 6.07) is -0.699. The molecule has 0 aromatic heterocycles. The van der Waals surface area contributed by atoms with Crippen LogP contribution >= 0.6 is 0 Å². The van der Waals surface area contributed by atoms with Crippen LogP contribution in [-0.2, 0) is 14.3 Å². The number of amides is 1. The molecule has 0 bridgehead atoms. The van der Waals surface area contributed by atoms with Gasteiger partial charge in [-0.1, -0.05) is 199 Å². The van der Waals surface area contributed by atoms with E-state index in [1.165, 1.54) is 128 Å². The molecule has 0 aliphatic carbocycles. The number of esters is 1. The summed E-state index contributed by atoms with van der Waals surface area (Å²) in [5, 5.41) is 23.6. The second-order valence-electron chi connectivity index (χ2n) is 16.2. The molecule has 0 rings (SSSR count). The molecule has 0 aromatic carbocycles. The van der Waals surface area contributed by atoms with Crippen LogP contribution in [0.1, 0.15) is 245 Å². The molecule has 0 aliphatic heterocycles. The molecule has 3 unspecified atom stereocenters. The van der Waals surface area contributed by atoms with Gasteiger partial charge in [-0.25, -0.2) is 0 Å². The van der Waals surface area contributed by atoms with Crippen LogP contribution in [0.4, 0.5) is 0 Å². The largest absolute Gasteiger partial charge is 0.462 e. The molecule has 6 nitrogen and oxygen atoms in total. The fraction of sp³-hybridized carbons (Fsp3) is 0.875. The van der Waals surface area contributed by atoms with Crippen molar-refractivity contribution in [1.29, 1.82) is 0 Å². The molecule has 6 heteroatoms. The average Bonchev–Trinajstić information content (AvgIpc) is 3.16. The standard InChI is InChI=1S/C48H91NO5/c1-4-7-10-13-16-19-21-22-23-24-26-28-30-33-36-39-44(54-48(53)41-38-35-32-29-25-20-17-14-11-8-5-2)42-47(52)49-45(43-50)46(51)40-37-34-31-27-18-15-12-9-6-3/h16,19,22-23,44-46,50-51H,4-15,17-18,20-21,24-43H2,1-3H3,(H,49,52)/b19-16-,23-22-. The van der Waals surface area contributed by atoms with Crippen LogP contribution < -0.4 is 5.32 Å². The minimum absolute atomic E-state index is 0.0725. The number of unbranched alkanes of at least 4 members (excludes halogenated alkanes) is 26. The fourth-order valence-corrected chi connectivity index (χ4v) is 7.17. The van der Waals surface area contributed by atoms with Gasteiger partial charge in [0.05, 0.1) is 25.2 Å².